The van der Waals surface area contributed by atoms with Gasteiger partial charge in [-0.25, -0.2) is 4.39 Å². The predicted octanol–water partition coefficient (Wildman–Crippen LogP) is 3.87. The van der Waals surface area contributed by atoms with Gasteiger partial charge in [0.1, 0.15) is 11.6 Å². The monoisotopic (exact) mass is 279 g/mol. The highest BCUT2D eigenvalue weighted by Crippen LogP contribution is 2.32. The minimum absolute atomic E-state index is 0.277. The summed E-state index contributed by atoms with van der Waals surface area (Å²) < 4.78 is 50.5. The van der Waals surface area contributed by atoms with Crippen LogP contribution in [0.15, 0.2) is 18.2 Å². The number of hydrogen-bond acceptors (Lipinski definition) is 2. The van der Waals surface area contributed by atoms with Gasteiger partial charge in [0.2, 0.25) is 0 Å². The lowest BCUT2D eigenvalue weighted by atomic mass is 10.0. The van der Waals surface area contributed by atoms with Gasteiger partial charge in [-0.3, -0.25) is 4.90 Å². The van der Waals surface area contributed by atoms with Crippen LogP contribution in [0.1, 0.15) is 32.4 Å². The maximum atomic E-state index is 12.9. The first-order chi connectivity index (χ1) is 8.61. The minimum atomic E-state index is -4.33. The summed E-state index contributed by atoms with van der Waals surface area (Å²) in [5, 5.41) is 9.64. The van der Waals surface area contributed by atoms with E-state index in [0.29, 0.717) is 0 Å². The Morgan fingerprint density at radius 2 is 1.79 bits per heavy atom. The summed E-state index contributed by atoms with van der Waals surface area (Å²) in [5.74, 6) is -0.958. The van der Waals surface area contributed by atoms with E-state index in [0.717, 1.165) is 12.1 Å². The van der Waals surface area contributed by atoms with Gasteiger partial charge < -0.3 is 5.11 Å². The standard InChI is InChI=1S/C13H17F4NO/c1-8(2)18(7-13(15,16)17)9(3)11-5-4-10(14)6-12(11)19/h4-6,8-9,19H,7H2,1-3H3. The summed E-state index contributed by atoms with van der Waals surface area (Å²) in [4.78, 5) is 1.20. The topological polar surface area (TPSA) is 23.5 Å². The van der Waals surface area contributed by atoms with Crippen molar-refractivity contribution in [1.82, 2.24) is 4.90 Å². The highest BCUT2D eigenvalue weighted by atomic mass is 19.4. The number of phenolic OH excluding ortho intramolecular Hbond substituents is 1. The van der Waals surface area contributed by atoms with Crippen molar-refractivity contribution in [3.63, 3.8) is 0 Å². The summed E-state index contributed by atoms with van der Waals surface area (Å²) in [6, 6.07) is 2.31. The van der Waals surface area contributed by atoms with Crippen molar-refractivity contribution in [2.45, 2.75) is 39.0 Å². The van der Waals surface area contributed by atoms with E-state index in [1.54, 1.807) is 20.8 Å². The van der Waals surface area contributed by atoms with E-state index in [4.69, 9.17) is 0 Å². The average Bonchev–Trinajstić information content (AvgIpc) is 2.23. The average molecular weight is 279 g/mol. The van der Waals surface area contributed by atoms with Crippen molar-refractivity contribution >= 4 is 0 Å². The molecule has 0 aromatic heterocycles. The Bertz CT molecular complexity index is 431. The zero-order chi connectivity index (χ0) is 14.8. The molecule has 0 saturated heterocycles. The molecule has 0 radical (unpaired) electrons. The van der Waals surface area contributed by atoms with Crippen LogP contribution in [-0.4, -0.2) is 28.8 Å². The SMILES string of the molecule is CC(C)N(CC(F)(F)F)C(C)c1ccc(F)cc1O. The van der Waals surface area contributed by atoms with Crippen LogP contribution in [0.4, 0.5) is 17.6 Å². The zero-order valence-corrected chi connectivity index (χ0v) is 11.0. The lowest BCUT2D eigenvalue weighted by molar-refractivity contribution is -0.154. The number of halogens is 4. The highest BCUT2D eigenvalue weighted by molar-refractivity contribution is 5.35. The molecule has 0 aliphatic carbocycles. The van der Waals surface area contributed by atoms with Crippen molar-refractivity contribution in [2.24, 2.45) is 0 Å². The fourth-order valence-electron chi connectivity index (χ4n) is 2.02. The van der Waals surface area contributed by atoms with Crippen molar-refractivity contribution < 1.29 is 22.7 Å². The molecule has 0 saturated carbocycles. The van der Waals surface area contributed by atoms with E-state index in [2.05, 4.69) is 0 Å². The van der Waals surface area contributed by atoms with Gasteiger partial charge in [-0.1, -0.05) is 6.07 Å². The molecule has 2 nitrogen and oxygen atoms in total. The number of rotatable bonds is 4. The molecule has 0 amide bonds. The van der Waals surface area contributed by atoms with Crippen LogP contribution < -0.4 is 0 Å². The molecule has 1 rings (SSSR count). The Morgan fingerprint density at radius 1 is 1.21 bits per heavy atom. The molecule has 0 aliphatic heterocycles. The molecular formula is C13H17F4NO. The second-order valence-electron chi connectivity index (χ2n) is 4.76. The molecule has 1 aromatic rings. The number of alkyl halides is 3. The first-order valence-corrected chi connectivity index (χ1v) is 5.92. The summed E-state index contributed by atoms with van der Waals surface area (Å²) in [6.07, 6.45) is -4.33. The number of nitrogens with zero attached hydrogens (tertiary/aromatic N) is 1. The molecule has 108 valence electrons. The van der Waals surface area contributed by atoms with Gasteiger partial charge in [-0.15, -0.1) is 0 Å². The van der Waals surface area contributed by atoms with E-state index in [-0.39, 0.29) is 17.4 Å². The van der Waals surface area contributed by atoms with Gasteiger partial charge in [-0.2, -0.15) is 13.2 Å². The molecule has 6 heteroatoms. The minimum Gasteiger partial charge on any atom is -0.508 e. The lowest BCUT2D eigenvalue weighted by Gasteiger charge is -2.33. The van der Waals surface area contributed by atoms with Crippen LogP contribution in [0.2, 0.25) is 0 Å². The van der Waals surface area contributed by atoms with E-state index < -0.39 is 24.6 Å². The third-order valence-corrected chi connectivity index (χ3v) is 2.97. The van der Waals surface area contributed by atoms with Crippen LogP contribution >= 0.6 is 0 Å². The molecule has 0 heterocycles. The van der Waals surface area contributed by atoms with E-state index in [1.165, 1.54) is 11.0 Å². The Hall–Kier alpha value is -1.30. The molecule has 1 aromatic carbocycles. The molecule has 0 fully saturated rings. The number of benzene rings is 1. The van der Waals surface area contributed by atoms with Crippen molar-refractivity contribution in [3.05, 3.63) is 29.6 Å². The number of hydrogen-bond donors (Lipinski definition) is 1. The molecular weight excluding hydrogens is 262 g/mol. The zero-order valence-electron chi connectivity index (χ0n) is 11.0. The number of phenols is 1. The van der Waals surface area contributed by atoms with Crippen LogP contribution in [0, 0.1) is 5.82 Å². The number of aromatic hydroxyl groups is 1. The Labute approximate surface area is 109 Å². The fourth-order valence-corrected chi connectivity index (χ4v) is 2.02. The van der Waals surface area contributed by atoms with Gasteiger partial charge >= 0.3 is 6.18 Å². The van der Waals surface area contributed by atoms with Crippen LogP contribution in [0.5, 0.6) is 5.75 Å². The van der Waals surface area contributed by atoms with Crippen LogP contribution in [0.3, 0.4) is 0 Å². The quantitative estimate of drug-likeness (QED) is 0.846. The Morgan fingerprint density at radius 3 is 2.21 bits per heavy atom. The van der Waals surface area contributed by atoms with Crippen molar-refractivity contribution in [1.29, 1.82) is 0 Å². The van der Waals surface area contributed by atoms with Crippen molar-refractivity contribution in [3.8, 4) is 5.75 Å². The maximum absolute atomic E-state index is 12.9. The third kappa shape index (κ3) is 4.38. The lowest BCUT2D eigenvalue weighted by Crippen LogP contribution is -2.40. The molecule has 0 bridgehead atoms. The van der Waals surface area contributed by atoms with Crippen LogP contribution in [-0.2, 0) is 0 Å². The van der Waals surface area contributed by atoms with E-state index >= 15 is 0 Å². The van der Waals surface area contributed by atoms with Crippen LogP contribution in [0.25, 0.3) is 0 Å². The molecule has 19 heavy (non-hydrogen) atoms. The molecule has 1 atom stereocenters. The molecule has 1 N–H and O–H groups in total. The van der Waals surface area contributed by atoms with Gasteiger partial charge in [0.05, 0.1) is 6.54 Å². The molecule has 0 spiro atoms. The van der Waals surface area contributed by atoms with E-state index in [1.807, 2.05) is 0 Å². The summed E-state index contributed by atoms with van der Waals surface area (Å²) >= 11 is 0. The smallest absolute Gasteiger partial charge is 0.401 e. The fraction of sp³-hybridized carbons (Fsp3) is 0.538. The van der Waals surface area contributed by atoms with Crippen molar-refractivity contribution in [2.75, 3.05) is 6.54 Å². The second-order valence-corrected chi connectivity index (χ2v) is 4.76. The first-order valence-electron chi connectivity index (χ1n) is 5.92. The highest BCUT2D eigenvalue weighted by Gasteiger charge is 2.34. The Balaban J connectivity index is 3.02. The third-order valence-electron chi connectivity index (χ3n) is 2.97. The summed E-state index contributed by atoms with van der Waals surface area (Å²) in [5.41, 5.74) is 0.277. The van der Waals surface area contributed by atoms with Gasteiger partial charge in [-0.05, 0) is 26.8 Å². The summed E-state index contributed by atoms with van der Waals surface area (Å²) in [7, 11) is 0. The van der Waals surface area contributed by atoms with Gasteiger partial charge in [0.25, 0.3) is 0 Å². The van der Waals surface area contributed by atoms with Gasteiger partial charge in [0.15, 0.2) is 0 Å². The molecule has 1 unspecified atom stereocenters. The van der Waals surface area contributed by atoms with Gasteiger partial charge in [0, 0.05) is 23.7 Å². The second kappa shape index (κ2) is 5.77. The normalized spacial score (nSPS) is 14.2. The largest absolute Gasteiger partial charge is 0.508 e. The van der Waals surface area contributed by atoms with E-state index in [9.17, 15) is 22.7 Å². The predicted molar refractivity (Wildman–Crippen MR) is 64.4 cm³/mol. The first kappa shape index (κ1) is 15.8. The molecule has 0 aliphatic rings. The summed E-state index contributed by atoms with van der Waals surface area (Å²) in [6.45, 7) is 3.76. The Kier molecular flexibility index (Phi) is 4.79. The maximum Gasteiger partial charge on any atom is 0.401 e.